The Hall–Kier alpha value is -1.60. The Balaban J connectivity index is 0.000000469. The maximum atomic E-state index is 13.7. The minimum atomic E-state index is -0.583. The number of hydrogen-bond acceptors (Lipinski definition) is 5. The average molecular weight is 453 g/mol. The molecule has 0 spiro atoms. The van der Waals surface area contributed by atoms with Crippen LogP contribution < -0.4 is 9.46 Å². The molecule has 0 heterocycles. The highest BCUT2D eigenvalue weighted by atomic mass is 35.5. The number of nitrogens with one attached hydrogen (secondary N) is 1. The van der Waals surface area contributed by atoms with Gasteiger partial charge in [0.05, 0.1) is 5.56 Å². The summed E-state index contributed by atoms with van der Waals surface area (Å²) in [6.45, 7) is 4.75. The molecule has 0 saturated carbocycles. The molecule has 0 aromatic heterocycles. The molecule has 1 N–H and O–H groups in total. The van der Waals surface area contributed by atoms with E-state index in [1.807, 2.05) is 31.5 Å². The summed E-state index contributed by atoms with van der Waals surface area (Å²) in [5, 5.41) is 0.332. The number of rotatable bonds is 6. The average Bonchev–Trinajstić information content (AvgIpc) is 2.68. The van der Waals surface area contributed by atoms with Gasteiger partial charge in [0.25, 0.3) is 0 Å². The zero-order chi connectivity index (χ0) is 22.3. The van der Waals surface area contributed by atoms with Gasteiger partial charge in [0, 0.05) is 22.7 Å². The van der Waals surface area contributed by atoms with Crippen molar-refractivity contribution >= 4 is 30.0 Å². The van der Waals surface area contributed by atoms with Crippen LogP contribution in [0.25, 0.3) is 0 Å². The van der Waals surface area contributed by atoms with Crippen molar-refractivity contribution in [1.82, 2.24) is 9.03 Å². The van der Waals surface area contributed by atoms with Gasteiger partial charge in [-0.15, -0.1) is 0 Å². The van der Waals surface area contributed by atoms with E-state index in [1.165, 1.54) is 23.3 Å². The van der Waals surface area contributed by atoms with E-state index in [2.05, 4.69) is 30.7 Å². The number of carbonyl (C=O) groups excluding carboxylic acids is 1. The van der Waals surface area contributed by atoms with Crippen molar-refractivity contribution < 1.29 is 13.9 Å². The Morgan fingerprint density at radius 3 is 2.60 bits per heavy atom. The summed E-state index contributed by atoms with van der Waals surface area (Å²) < 4.78 is 24.4. The molecular formula is C23H30ClFN2O2S. The molecule has 1 aliphatic carbocycles. The Morgan fingerprint density at radius 2 is 2.00 bits per heavy atom. The fraction of sp³-hybridized carbons (Fsp3) is 0.435. The SMILES string of the molecule is CC1(C)CCc2cc(OCc3cc(F)c(C=O)cc3Cl)ccc2C1.CNSN(C)C. The number of carbonyl (C=O) groups is 1. The third-order valence-electron chi connectivity index (χ3n) is 4.88. The standard InChI is InChI=1S/C20H20ClFO2.C3H10N2S/c1-20(2)6-5-13-7-17(4-3-14(13)10-20)24-12-16-9-19(22)15(11-23)8-18(16)21;1-4-6-5(2)3/h3-4,7-9,11H,5-6,10,12H2,1-2H3;4H,1-3H3. The molecule has 0 atom stereocenters. The van der Waals surface area contributed by atoms with Crippen LogP contribution in [0.15, 0.2) is 30.3 Å². The number of benzene rings is 2. The highest BCUT2D eigenvalue weighted by Gasteiger charge is 2.25. The Kier molecular flexibility index (Phi) is 9.16. The number of nitrogens with zero attached hydrogens (tertiary/aromatic N) is 1. The molecule has 2 aromatic carbocycles. The molecule has 0 aliphatic heterocycles. The van der Waals surface area contributed by atoms with Crippen LogP contribution >= 0.6 is 23.7 Å². The Bertz CT molecular complexity index is 875. The van der Waals surface area contributed by atoms with Crippen LogP contribution in [0.2, 0.25) is 5.02 Å². The van der Waals surface area contributed by atoms with Crippen LogP contribution in [0, 0.1) is 11.2 Å². The van der Waals surface area contributed by atoms with Crippen molar-refractivity contribution in [2.45, 2.75) is 39.7 Å². The van der Waals surface area contributed by atoms with E-state index in [4.69, 9.17) is 16.3 Å². The lowest BCUT2D eigenvalue weighted by molar-refractivity contribution is 0.111. The third-order valence-corrected chi connectivity index (χ3v) is 5.78. The maximum absolute atomic E-state index is 13.7. The predicted octanol–water partition coefficient (Wildman–Crippen LogP) is 5.72. The van der Waals surface area contributed by atoms with E-state index in [9.17, 15) is 9.18 Å². The first-order valence-electron chi connectivity index (χ1n) is 9.84. The van der Waals surface area contributed by atoms with E-state index in [1.54, 1.807) is 12.1 Å². The van der Waals surface area contributed by atoms with Gasteiger partial charge in [-0.05, 0) is 81.2 Å². The van der Waals surface area contributed by atoms with Gasteiger partial charge in [-0.1, -0.05) is 31.5 Å². The first-order valence-corrected chi connectivity index (χ1v) is 11.0. The molecule has 0 saturated heterocycles. The van der Waals surface area contributed by atoms with E-state index < -0.39 is 5.82 Å². The van der Waals surface area contributed by atoms with Crippen LogP contribution in [0.5, 0.6) is 5.75 Å². The van der Waals surface area contributed by atoms with Gasteiger partial charge in [-0.2, -0.15) is 0 Å². The highest BCUT2D eigenvalue weighted by molar-refractivity contribution is 7.95. The van der Waals surface area contributed by atoms with Gasteiger partial charge < -0.3 is 4.74 Å². The van der Waals surface area contributed by atoms with Crippen molar-refractivity contribution in [3.63, 3.8) is 0 Å². The number of hydrogen-bond donors (Lipinski definition) is 1. The molecule has 4 nitrogen and oxygen atoms in total. The first-order chi connectivity index (χ1) is 14.1. The second-order valence-electron chi connectivity index (χ2n) is 8.25. The van der Waals surface area contributed by atoms with Gasteiger partial charge in [0.15, 0.2) is 6.29 Å². The maximum Gasteiger partial charge on any atom is 0.153 e. The quantitative estimate of drug-likeness (QED) is 0.448. The second kappa shape index (κ2) is 11.1. The lowest BCUT2D eigenvalue weighted by Crippen LogP contribution is -2.22. The summed E-state index contributed by atoms with van der Waals surface area (Å²) in [5.41, 5.74) is 3.53. The Morgan fingerprint density at radius 1 is 1.27 bits per heavy atom. The molecule has 0 bridgehead atoms. The number of halogens is 2. The Labute approximate surface area is 188 Å². The van der Waals surface area contributed by atoms with Crippen molar-refractivity contribution in [1.29, 1.82) is 0 Å². The molecule has 2 aromatic rings. The summed E-state index contributed by atoms with van der Waals surface area (Å²) in [4.78, 5) is 10.7. The summed E-state index contributed by atoms with van der Waals surface area (Å²) in [7, 11) is 5.87. The monoisotopic (exact) mass is 452 g/mol. The van der Waals surface area contributed by atoms with Gasteiger partial charge >= 0.3 is 0 Å². The van der Waals surface area contributed by atoms with Gasteiger partial charge in [0.2, 0.25) is 0 Å². The number of aldehydes is 1. The van der Waals surface area contributed by atoms with Gasteiger partial charge in [0.1, 0.15) is 18.2 Å². The van der Waals surface area contributed by atoms with Gasteiger partial charge in [-0.25, -0.2) is 8.70 Å². The third kappa shape index (κ3) is 7.27. The molecule has 0 amide bonds. The minimum Gasteiger partial charge on any atom is -0.489 e. The molecule has 0 radical (unpaired) electrons. The summed E-state index contributed by atoms with van der Waals surface area (Å²) in [6.07, 6.45) is 3.74. The van der Waals surface area contributed by atoms with E-state index in [-0.39, 0.29) is 12.2 Å². The molecule has 3 rings (SSSR count). The zero-order valence-electron chi connectivity index (χ0n) is 18.2. The van der Waals surface area contributed by atoms with Crippen LogP contribution in [0.4, 0.5) is 4.39 Å². The molecule has 30 heavy (non-hydrogen) atoms. The smallest absolute Gasteiger partial charge is 0.153 e. The largest absolute Gasteiger partial charge is 0.489 e. The summed E-state index contributed by atoms with van der Waals surface area (Å²) in [5.74, 6) is 0.171. The normalized spacial score (nSPS) is 14.5. The lowest BCUT2D eigenvalue weighted by atomic mass is 9.74. The van der Waals surface area contributed by atoms with Crippen LogP contribution in [-0.2, 0) is 19.4 Å². The van der Waals surface area contributed by atoms with Crippen molar-refractivity contribution in [3.8, 4) is 5.75 Å². The van der Waals surface area contributed by atoms with Crippen LogP contribution in [0.1, 0.15) is 47.3 Å². The topological polar surface area (TPSA) is 41.6 Å². The summed E-state index contributed by atoms with van der Waals surface area (Å²) in [6, 6.07) is 8.71. The fourth-order valence-corrected chi connectivity index (χ4v) is 3.91. The number of aryl methyl sites for hydroxylation is 1. The molecule has 0 fully saturated rings. The molecule has 7 heteroatoms. The van der Waals surface area contributed by atoms with Gasteiger partial charge in [-0.3, -0.25) is 9.52 Å². The van der Waals surface area contributed by atoms with E-state index in [0.29, 0.717) is 22.3 Å². The highest BCUT2D eigenvalue weighted by Crippen LogP contribution is 2.36. The van der Waals surface area contributed by atoms with Crippen molar-refractivity contribution in [2.75, 3.05) is 21.1 Å². The minimum absolute atomic E-state index is 0.0415. The summed E-state index contributed by atoms with van der Waals surface area (Å²) >= 11 is 7.66. The predicted molar refractivity (Wildman–Crippen MR) is 124 cm³/mol. The fourth-order valence-electron chi connectivity index (χ4n) is 3.32. The van der Waals surface area contributed by atoms with Crippen molar-refractivity contribution in [2.24, 2.45) is 5.41 Å². The molecule has 164 valence electrons. The van der Waals surface area contributed by atoms with Crippen molar-refractivity contribution in [3.05, 3.63) is 63.4 Å². The molecular weight excluding hydrogens is 423 g/mol. The second-order valence-corrected chi connectivity index (χ2v) is 9.98. The molecule has 0 unspecified atom stereocenters. The van der Waals surface area contributed by atoms with Crippen LogP contribution in [-0.4, -0.2) is 31.7 Å². The first kappa shape index (κ1) is 24.7. The zero-order valence-corrected chi connectivity index (χ0v) is 19.8. The number of ether oxygens (including phenoxy) is 1. The number of fused-ring (bicyclic) bond motifs is 1. The lowest BCUT2D eigenvalue weighted by Gasteiger charge is -2.31. The molecule has 1 aliphatic rings. The van der Waals surface area contributed by atoms with Crippen LogP contribution in [0.3, 0.4) is 0 Å². The van der Waals surface area contributed by atoms with E-state index in [0.717, 1.165) is 25.0 Å². The van der Waals surface area contributed by atoms with E-state index >= 15 is 0 Å².